The van der Waals surface area contributed by atoms with Crippen LogP contribution in [0, 0.1) is 5.92 Å². The summed E-state index contributed by atoms with van der Waals surface area (Å²) in [5.41, 5.74) is 0.546. The van der Waals surface area contributed by atoms with Gasteiger partial charge in [0.05, 0.1) is 25.2 Å². The Balaban J connectivity index is 2.42. The van der Waals surface area contributed by atoms with E-state index >= 15 is 0 Å². The Bertz CT molecular complexity index is 1030. The van der Waals surface area contributed by atoms with Crippen LogP contribution in [0.3, 0.4) is 0 Å². The van der Waals surface area contributed by atoms with E-state index in [0.29, 0.717) is 5.69 Å². The summed E-state index contributed by atoms with van der Waals surface area (Å²) in [5, 5.41) is 2.05. The summed E-state index contributed by atoms with van der Waals surface area (Å²) in [4.78, 5) is 45.4. The summed E-state index contributed by atoms with van der Waals surface area (Å²) < 4.78 is 11.8. The first kappa shape index (κ1) is 22.8. The molecule has 1 aromatic heterocycles. The molecule has 1 amide bonds. The molecule has 1 aliphatic rings. The van der Waals surface area contributed by atoms with Crippen LogP contribution in [0.5, 0.6) is 0 Å². The van der Waals surface area contributed by atoms with Gasteiger partial charge in [-0.3, -0.25) is 19.2 Å². The third-order valence-electron chi connectivity index (χ3n) is 5.64. The molecular formula is C23H30N2O6. The van der Waals surface area contributed by atoms with E-state index in [9.17, 15) is 14.4 Å². The van der Waals surface area contributed by atoms with Gasteiger partial charge in [-0.25, -0.2) is 5.06 Å². The van der Waals surface area contributed by atoms with Crippen LogP contribution in [0.15, 0.2) is 24.3 Å². The number of hydroxylamine groups is 2. The van der Waals surface area contributed by atoms with Crippen molar-refractivity contribution in [2.45, 2.75) is 51.7 Å². The van der Waals surface area contributed by atoms with Crippen molar-refractivity contribution in [3.8, 4) is 0 Å². The Morgan fingerprint density at radius 2 is 1.61 bits per heavy atom. The summed E-state index contributed by atoms with van der Waals surface area (Å²) in [6, 6.07) is 6.61. The number of benzene rings is 1. The van der Waals surface area contributed by atoms with Crippen molar-refractivity contribution in [2.75, 3.05) is 14.2 Å². The number of esters is 2. The Morgan fingerprint density at radius 1 is 1.06 bits per heavy atom. The lowest BCUT2D eigenvalue weighted by molar-refractivity contribution is -0.258. The zero-order valence-corrected chi connectivity index (χ0v) is 19.3. The normalized spacial score (nSPS) is 18.3. The van der Waals surface area contributed by atoms with E-state index in [1.54, 1.807) is 20.8 Å². The first-order valence-corrected chi connectivity index (χ1v) is 10.1. The van der Waals surface area contributed by atoms with Gasteiger partial charge in [-0.1, -0.05) is 18.2 Å². The van der Waals surface area contributed by atoms with Crippen LogP contribution in [-0.4, -0.2) is 47.3 Å². The van der Waals surface area contributed by atoms with Crippen LogP contribution in [-0.2, 0) is 41.2 Å². The Labute approximate surface area is 182 Å². The maximum Gasteiger partial charge on any atom is 0.322 e. The fourth-order valence-corrected chi connectivity index (χ4v) is 4.33. The number of aromatic nitrogens is 1. The van der Waals surface area contributed by atoms with Gasteiger partial charge < -0.3 is 14.0 Å². The van der Waals surface area contributed by atoms with Gasteiger partial charge in [-0.05, 0) is 46.2 Å². The molecule has 0 saturated heterocycles. The van der Waals surface area contributed by atoms with Crippen molar-refractivity contribution in [3.05, 3.63) is 35.5 Å². The lowest BCUT2D eigenvalue weighted by Crippen LogP contribution is -2.56. The van der Waals surface area contributed by atoms with Gasteiger partial charge in [0.1, 0.15) is 6.04 Å². The second-order valence-corrected chi connectivity index (χ2v) is 9.26. The second kappa shape index (κ2) is 7.67. The summed E-state index contributed by atoms with van der Waals surface area (Å²) in [5.74, 6) is -3.38. The van der Waals surface area contributed by atoms with E-state index in [1.165, 1.54) is 19.3 Å². The molecule has 0 fully saturated rings. The number of carbonyl (C=O) groups excluding carboxylic acids is 3. The molecule has 8 nitrogen and oxygen atoms in total. The molecule has 1 aliphatic heterocycles. The number of para-hydroxylation sites is 1. The van der Waals surface area contributed by atoms with E-state index in [0.717, 1.165) is 16.5 Å². The molecule has 1 unspecified atom stereocenters. The summed E-state index contributed by atoms with van der Waals surface area (Å²) in [7, 11) is 4.25. The van der Waals surface area contributed by atoms with Gasteiger partial charge >= 0.3 is 11.9 Å². The monoisotopic (exact) mass is 430 g/mol. The number of nitrogens with zero attached hydrogens (tertiary/aromatic N) is 2. The predicted molar refractivity (Wildman–Crippen MR) is 114 cm³/mol. The molecule has 1 aromatic carbocycles. The standard InChI is InChI=1S/C23H30N2O6/c1-22(2,3)31-25-17(15(19(26)29-7)20(27)30-8)18-16(23(4,5)21(25)28)13-11-9-10-12-14(13)24(18)6/h9-12,15,17H,1-8H3. The van der Waals surface area contributed by atoms with Crippen LogP contribution in [0.25, 0.3) is 10.9 Å². The topological polar surface area (TPSA) is 87.1 Å². The number of carbonyl (C=O) groups is 3. The number of methoxy groups -OCH3 is 2. The average molecular weight is 431 g/mol. The fourth-order valence-electron chi connectivity index (χ4n) is 4.33. The van der Waals surface area contributed by atoms with Crippen molar-refractivity contribution < 1.29 is 28.7 Å². The highest BCUT2D eigenvalue weighted by atomic mass is 16.7. The van der Waals surface area contributed by atoms with Crippen molar-refractivity contribution in [1.29, 1.82) is 0 Å². The maximum atomic E-state index is 13.8. The minimum Gasteiger partial charge on any atom is -0.468 e. The molecule has 0 bridgehead atoms. The third kappa shape index (κ3) is 3.59. The summed E-state index contributed by atoms with van der Waals surface area (Å²) in [6.07, 6.45) is 0. The number of ether oxygens (including phenoxy) is 2. The minimum absolute atomic E-state index is 0.353. The van der Waals surface area contributed by atoms with Crippen LogP contribution in [0.2, 0.25) is 0 Å². The van der Waals surface area contributed by atoms with E-state index in [-0.39, 0.29) is 5.91 Å². The van der Waals surface area contributed by atoms with Crippen molar-refractivity contribution in [1.82, 2.24) is 9.63 Å². The number of fused-ring (bicyclic) bond motifs is 3. The molecule has 3 rings (SSSR count). The molecule has 0 saturated carbocycles. The van der Waals surface area contributed by atoms with Crippen molar-refractivity contribution >= 4 is 28.7 Å². The molecule has 0 N–H and O–H groups in total. The molecule has 168 valence electrons. The third-order valence-corrected chi connectivity index (χ3v) is 5.64. The van der Waals surface area contributed by atoms with Gasteiger partial charge in [-0.2, -0.15) is 0 Å². The zero-order valence-electron chi connectivity index (χ0n) is 19.3. The van der Waals surface area contributed by atoms with Gasteiger partial charge in [0.15, 0.2) is 5.92 Å². The lowest BCUT2D eigenvalue weighted by Gasteiger charge is -2.45. The molecule has 0 aliphatic carbocycles. The number of rotatable bonds is 4. The molecule has 8 heteroatoms. The Morgan fingerprint density at radius 3 is 2.13 bits per heavy atom. The highest BCUT2D eigenvalue weighted by Crippen LogP contribution is 2.49. The van der Waals surface area contributed by atoms with Crippen LogP contribution < -0.4 is 0 Å². The summed E-state index contributed by atoms with van der Waals surface area (Å²) >= 11 is 0. The number of aryl methyl sites for hydroxylation is 1. The average Bonchev–Trinajstić information content (AvgIpc) is 3.00. The number of hydrogen-bond acceptors (Lipinski definition) is 6. The SMILES string of the molecule is COC(=O)C(C(=O)OC)C1c2c(c3ccccc3n2C)C(C)(C)C(=O)N1OC(C)(C)C. The van der Waals surface area contributed by atoms with Gasteiger partial charge in [0.25, 0.3) is 5.91 Å². The first-order chi connectivity index (χ1) is 14.4. The van der Waals surface area contributed by atoms with Crippen LogP contribution in [0.1, 0.15) is 51.9 Å². The van der Waals surface area contributed by atoms with E-state index < -0.39 is 34.9 Å². The number of amides is 1. The molecule has 1 atom stereocenters. The highest BCUT2D eigenvalue weighted by molar-refractivity contribution is 6.01. The van der Waals surface area contributed by atoms with E-state index in [4.69, 9.17) is 14.3 Å². The van der Waals surface area contributed by atoms with E-state index in [1.807, 2.05) is 49.7 Å². The molecule has 0 radical (unpaired) electrons. The number of hydrogen-bond donors (Lipinski definition) is 0. The molecule has 0 spiro atoms. The lowest BCUT2D eigenvalue weighted by atomic mass is 9.75. The highest BCUT2D eigenvalue weighted by Gasteiger charge is 2.55. The maximum absolute atomic E-state index is 13.8. The second-order valence-electron chi connectivity index (χ2n) is 9.26. The molecular weight excluding hydrogens is 400 g/mol. The smallest absolute Gasteiger partial charge is 0.322 e. The van der Waals surface area contributed by atoms with Gasteiger partial charge in [0, 0.05) is 23.6 Å². The minimum atomic E-state index is -1.42. The largest absolute Gasteiger partial charge is 0.468 e. The van der Waals surface area contributed by atoms with Crippen molar-refractivity contribution in [3.63, 3.8) is 0 Å². The van der Waals surface area contributed by atoms with E-state index in [2.05, 4.69) is 0 Å². The van der Waals surface area contributed by atoms with Crippen LogP contribution >= 0.6 is 0 Å². The summed E-state index contributed by atoms with van der Waals surface area (Å²) in [6.45, 7) is 9.04. The molecule has 31 heavy (non-hydrogen) atoms. The van der Waals surface area contributed by atoms with Crippen LogP contribution in [0.4, 0.5) is 0 Å². The van der Waals surface area contributed by atoms with Gasteiger partial charge in [0.2, 0.25) is 0 Å². The first-order valence-electron chi connectivity index (χ1n) is 10.1. The Kier molecular flexibility index (Phi) is 5.65. The zero-order chi connectivity index (χ0) is 23.3. The predicted octanol–water partition coefficient (Wildman–Crippen LogP) is 3.03. The fraction of sp³-hybridized carbons (Fsp3) is 0.522. The van der Waals surface area contributed by atoms with Gasteiger partial charge in [-0.15, -0.1) is 0 Å². The Hall–Kier alpha value is -2.87. The molecule has 2 aromatic rings. The molecule has 2 heterocycles. The quantitative estimate of drug-likeness (QED) is 0.547. The van der Waals surface area contributed by atoms with Crippen molar-refractivity contribution in [2.24, 2.45) is 13.0 Å².